The summed E-state index contributed by atoms with van der Waals surface area (Å²) in [5, 5.41) is 0. The van der Waals surface area contributed by atoms with Gasteiger partial charge in [0, 0.05) is 57.7 Å². The van der Waals surface area contributed by atoms with Gasteiger partial charge in [0.2, 0.25) is 0 Å². The second-order valence-corrected chi connectivity index (χ2v) is 6.35. The number of likely N-dealkylation sites (N-methyl/N-ethyl adjacent to an activating group) is 1. The standard InChI is InChI=1S/C16H29N5/c1-13-11-18-15(14(2)16(13)17)12-21-9-7-20(8-10-21)6-5-19(3)4/h11H,5-10,12H2,1-4H3,(H2,17,18). The van der Waals surface area contributed by atoms with Crippen molar-refractivity contribution >= 4 is 5.69 Å². The third-order valence-corrected chi connectivity index (χ3v) is 4.38. The molecule has 0 radical (unpaired) electrons. The van der Waals surface area contributed by atoms with E-state index >= 15 is 0 Å². The van der Waals surface area contributed by atoms with Gasteiger partial charge in [-0.1, -0.05) is 0 Å². The van der Waals surface area contributed by atoms with Crippen molar-refractivity contribution in [2.75, 3.05) is 59.1 Å². The fourth-order valence-corrected chi connectivity index (χ4v) is 2.68. The second-order valence-electron chi connectivity index (χ2n) is 6.35. The Kier molecular flexibility index (Phi) is 5.56. The molecule has 0 saturated carbocycles. The lowest BCUT2D eigenvalue weighted by Gasteiger charge is -2.35. The first-order chi connectivity index (χ1) is 9.97. The normalized spacial score (nSPS) is 17.6. The van der Waals surface area contributed by atoms with Crippen molar-refractivity contribution in [3.8, 4) is 0 Å². The van der Waals surface area contributed by atoms with Crippen LogP contribution >= 0.6 is 0 Å². The van der Waals surface area contributed by atoms with Crippen LogP contribution in [0.4, 0.5) is 5.69 Å². The number of aryl methyl sites for hydroxylation is 1. The van der Waals surface area contributed by atoms with Crippen LogP contribution in [0.15, 0.2) is 6.20 Å². The largest absolute Gasteiger partial charge is 0.398 e. The van der Waals surface area contributed by atoms with Crippen LogP contribution in [0, 0.1) is 13.8 Å². The smallest absolute Gasteiger partial charge is 0.0593 e. The fourth-order valence-electron chi connectivity index (χ4n) is 2.68. The molecule has 1 aromatic heterocycles. The summed E-state index contributed by atoms with van der Waals surface area (Å²) in [6, 6.07) is 0. The van der Waals surface area contributed by atoms with Gasteiger partial charge in [-0.2, -0.15) is 0 Å². The van der Waals surface area contributed by atoms with Gasteiger partial charge >= 0.3 is 0 Å². The number of hydrogen-bond donors (Lipinski definition) is 1. The van der Waals surface area contributed by atoms with Gasteiger partial charge in [0.05, 0.1) is 5.69 Å². The highest BCUT2D eigenvalue weighted by molar-refractivity contribution is 5.53. The summed E-state index contributed by atoms with van der Waals surface area (Å²) in [7, 11) is 4.26. The average molecular weight is 291 g/mol. The highest BCUT2D eigenvalue weighted by atomic mass is 15.3. The third kappa shape index (κ3) is 4.40. The van der Waals surface area contributed by atoms with Gasteiger partial charge in [0.1, 0.15) is 0 Å². The van der Waals surface area contributed by atoms with Crippen molar-refractivity contribution in [2.45, 2.75) is 20.4 Å². The van der Waals surface area contributed by atoms with E-state index in [0.29, 0.717) is 0 Å². The molecule has 1 aliphatic heterocycles. The van der Waals surface area contributed by atoms with E-state index in [1.165, 1.54) is 0 Å². The lowest BCUT2D eigenvalue weighted by atomic mass is 10.1. The van der Waals surface area contributed by atoms with Gasteiger partial charge in [-0.3, -0.25) is 14.8 Å². The zero-order chi connectivity index (χ0) is 15.4. The lowest BCUT2D eigenvalue weighted by molar-refractivity contribution is 0.119. The minimum absolute atomic E-state index is 0.893. The highest BCUT2D eigenvalue weighted by Crippen LogP contribution is 2.19. The van der Waals surface area contributed by atoms with Crippen LogP contribution in [-0.4, -0.2) is 73.0 Å². The number of aromatic nitrogens is 1. The van der Waals surface area contributed by atoms with Gasteiger partial charge in [-0.05, 0) is 39.1 Å². The van der Waals surface area contributed by atoms with E-state index in [9.17, 15) is 0 Å². The number of piperazine rings is 1. The molecule has 2 rings (SSSR count). The Morgan fingerprint density at radius 2 is 1.76 bits per heavy atom. The molecule has 0 bridgehead atoms. The molecule has 0 atom stereocenters. The number of nitrogens with zero attached hydrogens (tertiary/aromatic N) is 4. The average Bonchev–Trinajstić information content (AvgIpc) is 2.47. The number of anilines is 1. The summed E-state index contributed by atoms with van der Waals surface area (Å²) >= 11 is 0. The Hall–Kier alpha value is -1.17. The van der Waals surface area contributed by atoms with Gasteiger partial charge in [0.25, 0.3) is 0 Å². The molecule has 1 aromatic rings. The van der Waals surface area contributed by atoms with Gasteiger partial charge in [-0.25, -0.2) is 0 Å². The summed E-state index contributed by atoms with van der Waals surface area (Å²) in [6.45, 7) is 11.8. The summed E-state index contributed by atoms with van der Waals surface area (Å²) in [6.07, 6.45) is 1.89. The first-order valence-electron chi connectivity index (χ1n) is 7.77. The van der Waals surface area contributed by atoms with Gasteiger partial charge < -0.3 is 10.6 Å². The Morgan fingerprint density at radius 3 is 2.38 bits per heavy atom. The fraction of sp³-hybridized carbons (Fsp3) is 0.688. The van der Waals surface area contributed by atoms with Crippen LogP contribution in [0.1, 0.15) is 16.8 Å². The van der Waals surface area contributed by atoms with E-state index in [1.807, 2.05) is 13.1 Å². The third-order valence-electron chi connectivity index (χ3n) is 4.38. The Labute approximate surface area is 128 Å². The molecule has 21 heavy (non-hydrogen) atoms. The molecular weight excluding hydrogens is 262 g/mol. The first-order valence-corrected chi connectivity index (χ1v) is 7.77. The monoisotopic (exact) mass is 291 g/mol. The molecular formula is C16H29N5. The van der Waals surface area contributed by atoms with E-state index in [1.54, 1.807) is 0 Å². The number of pyridine rings is 1. The molecule has 1 aliphatic rings. The molecule has 1 saturated heterocycles. The van der Waals surface area contributed by atoms with E-state index in [-0.39, 0.29) is 0 Å². The van der Waals surface area contributed by atoms with Crippen LogP contribution in [0.2, 0.25) is 0 Å². The predicted octanol–water partition coefficient (Wildman–Crippen LogP) is 0.960. The maximum atomic E-state index is 6.11. The number of hydrogen-bond acceptors (Lipinski definition) is 5. The lowest BCUT2D eigenvalue weighted by Crippen LogP contribution is -2.47. The van der Waals surface area contributed by atoms with E-state index in [2.05, 4.69) is 40.7 Å². The predicted molar refractivity (Wildman–Crippen MR) is 88.4 cm³/mol. The van der Waals surface area contributed by atoms with Crippen molar-refractivity contribution in [3.05, 3.63) is 23.0 Å². The van der Waals surface area contributed by atoms with Crippen molar-refractivity contribution < 1.29 is 0 Å². The zero-order valence-corrected chi connectivity index (χ0v) is 13.9. The molecule has 2 N–H and O–H groups in total. The molecule has 2 heterocycles. The zero-order valence-electron chi connectivity index (χ0n) is 13.9. The molecule has 5 heteroatoms. The highest BCUT2D eigenvalue weighted by Gasteiger charge is 2.18. The van der Waals surface area contributed by atoms with Crippen LogP contribution in [0.3, 0.4) is 0 Å². The van der Waals surface area contributed by atoms with Crippen LogP contribution in [0.5, 0.6) is 0 Å². The maximum Gasteiger partial charge on any atom is 0.0593 e. The SMILES string of the molecule is Cc1cnc(CN2CCN(CCN(C)C)CC2)c(C)c1N. The molecule has 0 unspecified atom stereocenters. The van der Waals surface area contributed by atoms with Crippen LogP contribution in [-0.2, 0) is 6.54 Å². The second kappa shape index (κ2) is 7.20. The molecule has 0 spiro atoms. The summed E-state index contributed by atoms with van der Waals surface area (Å²) in [5.41, 5.74) is 10.3. The van der Waals surface area contributed by atoms with Gasteiger partial charge in [0.15, 0.2) is 0 Å². The quantitative estimate of drug-likeness (QED) is 0.876. The van der Waals surface area contributed by atoms with Crippen molar-refractivity contribution in [1.82, 2.24) is 19.7 Å². The number of nitrogens with two attached hydrogens (primary N) is 1. The van der Waals surface area contributed by atoms with E-state index in [0.717, 1.165) is 68.3 Å². The molecule has 118 valence electrons. The maximum absolute atomic E-state index is 6.11. The Balaban J connectivity index is 1.85. The van der Waals surface area contributed by atoms with Crippen LogP contribution < -0.4 is 5.73 Å². The van der Waals surface area contributed by atoms with Crippen LogP contribution in [0.25, 0.3) is 0 Å². The minimum atomic E-state index is 0.893. The van der Waals surface area contributed by atoms with E-state index < -0.39 is 0 Å². The molecule has 0 aromatic carbocycles. The number of nitrogen functional groups attached to an aromatic ring is 1. The Bertz CT molecular complexity index is 464. The van der Waals surface area contributed by atoms with Crippen molar-refractivity contribution in [1.29, 1.82) is 0 Å². The number of rotatable bonds is 5. The Morgan fingerprint density at radius 1 is 1.14 bits per heavy atom. The summed E-state index contributed by atoms with van der Waals surface area (Å²) in [4.78, 5) is 11.8. The molecule has 0 aliphatic carbocycles. The first kappa shape index (κ1) is 16.2. The molecule has 0 amide bonds. The minimum Gasteiger partial charge on any atom is -0.398 e. The summed E-state index contributed by atoms with van der Waals surface area (Å²) < 4.78 is 0. The van der Waals surface area contributed by atoms with Crippen molar-refractivity contribution in [3.63, 3.8) is 0 Å². The molecule has 5 nitrogen and oxygen atoms in total. The summed E-state index contributed by atoms with van der Waals surface area (Å²) in [5.74, 6) is 0. The van der Waals surface area contributed by atoms with Gasteiger partial charge in [-0.15, -0.1) is 0 Å². The van der Waals surface area contributed by atoms with Crippen molar-refractivity contribution in [2.24, 2.45) is 0 Å². The van der Waals surface area contributed by atoms with E-state index in [4.69, 9.17) is 5.73 Å². The molecule has 1 fully saturated rings. The topological polar surface area (TPSA) is 48.6 Å².